The third kappa shape index (κ3) is 9.21. The summed E-state index contributed by atoms with van der Waals surface area (Å²) in [7, 11) is 3.29. The van der Waals surface area contributed by atoms with E-state index in [1.165, 1.54) is 12.1 Å². The Morgan fingerprint density at radius 2 is 1.63 bits per heavy atom. The number of methoxy groups -OCH3 is 1. The molecule has 9 heteroatoms. The maximum Gasteiger partial charge on any atom is 0.416 e. The summed E-state index contributed by atoms with van der Waals surface area (Å²) in [6.45, 7) is 2.13. The summed E-state index contributed by atoms with van der Waals surface area (Å²) in [5.41, 5.74) is 1.09. The third-order valence-corrected chi connectivity index (χ3v) is 4.08. The van der Waals surface area contributed by atoms with Crippen LogP contribution in [0.3, 0.4) is 0 Å². The molecular weight excluding hydrogens is 510 g/mol. The molecule has 0 aliphatic heterocycles. The molecule has 2 N–H and O–H groups in total. The van der Waals surface area contributed by atoms with Crippen molar-refractivity contribution in [3.8, 4) is 5.75 Å². The summed E-state index contributed by atoms with van der Waals surface area (Å²) in [5, 5.41) is 6.27. The van der Waals surface area contributed by atoms with Crippen molar-refractivity contribution in [2.45, 2.75) is 25.7 Å². The van der Waals surface area contributed by atoms with Crippen molar-refractivity contribution >= 4 is 29.9 Å². The number of alkyl halides is 3. The van der Waals surface area contributed by atoms with Crippen LogP contribution in [-0.2, 0) is 24.0 Å². The first kappa shape index (κ1) is 26.0. The monoisotopic (exact) mass is 537 g/mol. The van der Waals surface area contributed by atoms with Crippen molar-refractivity contribution in [1.29, 1.82) is 0 Å². The topological polar surface area (TPSA) is 54.9 Å². The Labute approximate surface area is 192 Å². The number of aliphatic imine (C=N–C) groups is 1. The number of benzene rings is 2. The Hall–Kier alpha value is -2.01. The van der Waals surface area contributed by atoms with Crippen LogP contribution in [0.2, 0.25) is 0 Å². The van der Waals surface area contributed by atoms with Crippen molar-refractivity contribution in [3.63, 3.8) is 0 Å². The lowest BCUT2D eigenvalue weighted by Gasteiger charge is -2.13. The average molecular weight is 537 g/mol. The Bertz CT molecular complexity index is 784. The van der Waals surface area contributed by atoms with Gasteiger partial charge in [0.2, 0.25) is 0 Å². The summed E-state index contributed by atoms with van der Waals surface area (Å²) in [6.07, 6.45) is -3.51. The average Bonchev–Trinajstić information content (AvgIpc) is 2.71. The maximum absolute atomic E-state index is 12.6. The quantitative estimate of drug-likeness (QED) is 0.213. The van der Waals surface area contributed by atoms with E-state index >= 15 is 0 Å². The molecule has 0 fully saturated rings. The molecule has 0 unspecified atom stereocenters. The highest BCUT2D eigenvalue weighted by Gasteiger charge is 2.29. The van der Waals surface area contributed by atoms with Gasteiger partial charge in [0.15, 0.2) is 5.96 Å². The number of guanidine groups is 1. The Balaban J connectivity index is 0.00000450. The van der Waals surface area contributed by atoms with E-state index in [-0.39, 0.29) is 24.0 Å². The van der Waals surface area contributed by atoms with Gasteiger partial charge < -0.3 is 20.1 Å². The van der Waals surface area contributed by atoms with Crippen LogP contribution in [0.25, 0.3) is 0 Å². The lowest BCUT2D eigenvalue weighted by atomic mass is 10.1. The number of hydrogen-bond donors (Lipinski definition) is 2. The van der Waals surface area contributed by atoms with Crippen molar-refractivity contribution in [2.24, 2.45) is 4.99 Å². The van der Waals surface area contributed by atoms with Gasteiger partial charge in [-0.2, -0.15) is 13.2 Å². The van der Waals surface area contributed by atoms with Gasteiger partial charge in [0.25, 0.3) is 0 Å². The van der Waals surface area contributed by atoms with Crippen LogP contribution in [0.15, 0.2) is 53.5 Å². The van der Waals surface area contributed by atoms with Crippen molar-refractivity contribution in [1.82, 2.24) is 10.6 Å². The lowest BCUT2D eigenvalue weighted by molar-refractivity contribution is -0.137. The van der Waals surface area contributed by atoms with Crippen LogP contribution in [0.4, 0.5) is 13.2 Å². The number of ether oxygens (including phenoxy) is 2. The molecule has 0 heterocycles. The van der Waals surface area contributed by atoms with Gasteiger partial charge in [0, 0.05) is 40.3 Å². The minimum absolute atomic E-state index is 0. The van der Waals surface area contributed by atoms with Gasteiger partial charge in [-0.1, -0.05) is 24.3 Å². The first-order valence-electron chi connectivity index (χ1n) is 9.23. The Kier molecular flexibility index (Phi) is 11.6. The van der Waals surface area contributed by atoms with E-state index in [1.54, 1.807) is 14.2 Å². The van der Waals surface area contributed by atoms with E-state index in [4.69, 9.17) is 9.47 Å². The number of rotatable bonds is 9. The number of nitrogens with zero attached hydrogens (tertiary/aromatic N) is 1. The molecule has 0 saturated heterocycles. The number of halogens is 4. The molecule has 166 valence electrons. The van der Waals surface area contributed by atoms with E-state index in [0.717, 1.165) is 35.4 Å². The van der Waals surface area contributed by atoms with Crippen molar-refractivity contribution in [3.05, 3.63) is 65.2 Å². The molecule has 2 aromatic rings. The van der Waals surface area contributed by atoms with E-state index in [1.807, 2.05) is 24.3 Å². The zero-order valence-electron chi connectivity index (χ0n) is 17.0. The molecule has 0 bridgehead atoms. The highest BCUT2D eigenvalue weighted by molar-refractivity contribution is 14.0. The molecular formula is C21H27F3IN3O2. The second-order valence-electron chi connectivity index (χ2n) is 6.32. The fourth-order valence-electron chi connectivity index (χ4n) is 2.54. The van der Waals surface area contributed by atoms with Gasteiger partial charge in [0.1, 0.15) is 5.75 Å². The van der Waals surface area contributed by atoms with Crippen LogP contribution in [-0.4, -0.2) is 33.3 Å². The molecule has 30 heavy (non-hydrogen) atoms. The number of hydrogen-bond acceptors (Lipinski definition) is 3. The molecule has 0 spiro atoms. The predicted octanol–water partition coefficient (Wildman–Crippen LogP) is 4.60. The molecule has 0 saturated carbocycles. The van der Waals surface area contributed by atoms with Gasteiger partial charge >= 0.3 is 6.18 Å². The Morgan fingerprint density at radius 1 is 0.967 bits per heavy atom. The normalized spacial score (nSPS) is 11.6. The standard InChI is InChI=1S/C21H26F3N3O2.HI/c1-25-20(26-14-16-7-9-18(10-8-16)21(22,23)24)27-15-17-5-3-6-19(13-17)29-12-4-11-28-2;/h3,5-10,13H,4,11-12,14-15H2,1-2H3,(H2,25,26,27);1H. The first-order chi connectivity index (χ1) is 13.9. The second kappa shape index (κ2) is 13.3. The maximum atomic E-state index is 12.6. The molecule has 5 nitrogen and oxygen atoms in total. The summed E-state index contributed by atoms with van der Waals surface area (Å²) in [6, 6.07) is 12.8. The third-order valence-electron chi connectivity index (χ3n) is 4.08. The zero-order chi connectivity index (χ0) is 21.1. The summed E-state index contributed by atoms with van der Waals surface area (Å²) >= 11 is 0. The molecule has 0 aliphatic rings. The van der Waals surface area contributed by atoms with Gasteiger partial charge in [0.05, 0.1) is 12.2 Å². The largest absolute Gasteiger partial charge is 0.493 e. The van der Waals surface area contributed by atoms with Crippen LogP contribution < -0.4 is 15.4 Å². The van der Waals surface area contributed by atoms with Crippen LogP contribution in [0.5, 0.6) is 5.75 Å². The van der Waals surface area contributed by atoms with Gasteiger partial charge in [-0.05, 0) is 35.4 Å². The second-order valence-corrected chi connectivity index (χ2v) is 6.32. The highest BCUT2D eigenvalue weighted by Crippen LogP contribution is 2.29. The van der Waals surface area contributed by atoms with E-state index in [0.29, 0.717) is 32.3 Å². The van der Waals surface area contributed by atoms with E-state index < -0.39 is 11.7 Å². The summed E-state index contributed by atoms with van der Waals surface area (Å²) in [4.78, 5) is 4.14. The predicted molar refractivity (Wildman–Crippen MR) is 122 cm³/mol. The number of nitrogens with one attached hydrogen (secondary N) is 2. The molecule has 0 atom stereocenters. The smallest absolute Gasteiger partial charge is 0.416 e. The first-order valence-corrected chi connectivity index (χ1v) is 9.23. The SMILES string of the molecule is CN=C(NCc1ccc(C(F)(F)F)cc1)NCc1cccc(OCCCOC)c1.I. The fourth-order valence-corrected chi connectivity index (χ4v) is 2.54. The van der Waals surface area contributed by atoms with Gasteiger partial charge in [-0.3, -0.25) is 4.99 Å². The van der Waals surface area contributed by atoms with Crippen molar-refractivity contribution < 1.29 is 22.6 Å². The molecule has 0 aromatic heterocycles. The van der Waals surface area contributed by atoms with Gasteiger partial charge in [-0.15, -0.1) is 24.0 Å². The highest BCUT2D eigenvalue weighted by atomic mass is 127. The molecule has 0 amide bonds. The minimum Gasteiger partial charge on any atom is -0.493 e. The van der Waals surface area contributed by atoms with Crippen molar-refractivity contribution in [2.75, 3.05) is 27.4 Å². The van der Waals surface area contributed by atoms with Crippen LogP contribution in [0.1, 0.15) is 23.1 Å². The fraction of sp³-hybridized carbons (Fsp3) is 0.381. The van der Waals surface area contributed by atoms with E-state index in [9.17, 15) is 13.2 Å². The summed E-state index contributed by atoms with van der Waals surface area (Å²) in [5.74, 6) is 1.34. The molecule has 2 aromatic carbocycles. The van der Waals surface area contributed by atoms with Gasteiger partial charge in [-0.25, -0.2) is 0 Å². The van der Waals surface area contributed by atoms with E-state index in [2.05, 4.69) is 15.6 Å². The Morgan fingerprint density at radius 3 is 2.23 bits per heavy atom. The zero-order valence-corrected chi connectivity index (χ0v) is 19.3. The molecule has 2 rings (SSSR count). The summed E-state index contributed by atoms with van der Waals surface area (Å²) < 4.78 is 48.5. The van der Waals surface area contributed by atoms with Crippen LogP contribution >= 0.6 is 24.0 Å². The molecule has 0 aliphatic carbocycles. The van der Waals surface area contributed by atoms with Crippen LogP contribution in [0, 0.1) is 0 Å². The minimum atomic E-state index is -4.33. The lowest BCUT2D eigenvalue weighted by Crippen LogP contribution is -2.36. The molecule has 0 radical (unpaired) electrons.